The van der Waals surface area contributed by atoms with Gasteiger partial charge in [0.25, 0.3) is 5.91 Å². The monoisotopic (exact) mass is 285 g/mol. The lowest BCUT2D eigenvalue weighted by Crippen LogP contribution is -2.19. The Morgan fingerprint density at radius 2 is 2.05 bits per heavy atom. The van der Waals surface area contributed by atoms with E-state index in [1.807, 2.05) is 0 Å². The molecule has 2 N–H and O–H groups in total. The lowest BCUT2D eigenvalue weighted by molar-refractivity contribution is -0.119. The number of ether oxygens (including phenoxy) is 1. The van der Waals surface area contributed by atoms with E-state index in [0.29, 0.717) is 22.3 Å². The molecule has 6 nitrogen and oxygen atoms in total. The van der Waals surface area contributed by atoms with Gasteiger partial charge in [0.1, 0.15) is 17.6 Å². The van der Waals surface area contributed by atoms with Crippen molar-refractivity contribution in [1.82, 2.24) is 0 Å². The molecule has 0 aliphatic heterocycles. The highest BCUT2D eigenvalue weighted by atomic mass is 16.5. The van der Waals surface area contributed by atoms with Crippen LogP contribution in [-0.4, -0.2) is 18.3 Å². The fourth-order valence-corrected chi connectivity index (χ4v) is 1.97. The summed E-state index contributed by atoms with van der Waals surface area (Å²) in [4.78, 5) is 23.0. The van der Waals surface area contributed by atoms with Gasteiger partial charge >= 0.3 is 0 Å². The van der Waals surface area contributed by atoms with E-state index in [9.17, 15) is 9.59 Å². The highest BCUT2D eigenvalue weighted by Gasteiger charge is 2.18. The number of carbonyl (C=O) groups is 2. The molecule has 6 heteroatoms. The third-order valence-corrected chi connectivity index (χ3v) is 2.92. The molecule has 0 unspecified atom stereocenters. The maximum absolute atomic E-state index is 12.3. The zero-order valence-corrected chi connectivity index (χ0v) is 10.9. The van der Waals surface area contributed by atoms with Crippen LogP contribution in [-0.2, 0) is 4.79 Å². The van der Waals surface area contributed by atoms with Crippen LogP contribution >= 0.6 is 0 Å². The van der Waals surface area contributed by atoms with Gasteiger partial charge in [-0.15, -0.1) is 0 Å². The molecule has 0 spiro atoms. The van der Waals surface area contributed by atoms with Gasteiger partial charge in [0, 0.05) is 5.39 Å². The van der Waals surface area contributed by atoms with E-state index in [-0.39, 0.29) is 18.2 Å². The second-order valence-electron chi connectivity index (χ2n) is 4.37. The van der Waals surface area contributed by atoms with Gasteiger partial charge in [0.2, 0.25) is 5.78 Å². The van der Waals surface area contributed by atoms with Crippen molar-refractivity contribution in [2.45, 2.75) is 0 Å². The molecule has 0 saturated carbocycles. The summed E-state index contributed by atoms with van der Waals surface area (Å²) < 4.78 is 15.7. The molecule has 2 aromatic heterocycles. The Balaban J connectivity index is 1.98. The van der Waals surface area contributed by atoms with Crippen LogP contribution in [0.2, 0.25) is 0 Å². The molecule has 1 aromatic carbocycles. The van der Waals surface area contributed by atoms with E-state index in [0.717, 1.165) is 0 Å². The van der Waals surface area contributed by atoms with Gasteiger partial charge in [-0.1, -0.05) is 0 Å². The van der Waals surface area contributed by atoms with E-state index < -0.39 is 5.91 Å². The fraction of sp³-hybridized carbons (Fsp3) is 0.0667. The van der Waals surface area contributed by atoms with E-state index in [1.165, 1.54) is 12.5 Å². The summed E-state index contributed by atoms with van der Waals surface area (Å²) in [6.45, 7) is -0.231. The maximum Gasteiger partial charge on any atom is 0.255 e. The Morgan fingerprint density at radius 1 is 1.19 bits per heavy atom. The smallest absolute Gasteiger partial charge is 0.255 e. The number of fused-ring (bicyclic) bond motifs is 1. The van der Waals surface area contributed by atoms with Gasteiger partial charge in [-0.05, 0) is 30.3 Å². The first-order valence-corrected chi connectivity index (χ1v) is 6.15. The summed E-state index contributed by atoms with van der Waals surface area (Å²) in [5.74, 6) is -0.211. The Labute approximate surface area is 119 Å². The number of benzene rings is 1. The summed E-state index contributed by atoms with van der Waals surface area (Å²) >= 11 is 0. The summed E-state index contributed by atoms with van der Waals surface area (Å²) in [7, 11) is 0. The molecule has 2 heterocycles. The van der Waals surface area contributed by atoms with Crippen LogP contribution in [0.3, 0.4) is 0 Å². The molecule has 3 aromatic rings. The fourth-order valence-electron chi connectivity index (χ4n) is 1.97. The molecular weight excluding hydrogens is 274 g/mol. The van der Waals surface area contributed by atoms with Crippen LogP contribution in [0.15, 0.2) is 51.7 Å². The molecule has 0 fully saturated rings. The number of carbonyl (C=O) groups excluding carboxylic acids is 2. The maximum atomic E-state index is 12.3. The molecule has 106 valence electrons. The molecule has 0 atom stereocenters. The van der Waals surface area contributed by atoms with Gasteiger partial charge in [-0.2, -0.15) is 0 Å². The van der Waals surface area contributed by atoms with Crippen LogP contribution in [0.1, 0.15) is 16.1 Å². The minimum atomic E-state index is -0.575. The third-order valence-electron chi connectivity index (χ3n) is 2.92. The lowest BCUT2D eigenvalue weighted by Gasteiger charge is -2.03. The quantitative estimate of drug-likeness (QED) is 0.724. The van der Waals surface area contributed by atoms with Gasteiger partial charge < -0.3 is 19.3 Å². The molecule has 0 aliphatic carbocycles. The largest absolute Gasteiger partial charge is 0.484 e. The SMILES string of the molecule is NC(=O)COc1ccc2occ(C(=O)c3ccco3)c2c1. The number of amides is 1. The zero-order valence-electron chi connectivity index (χ0n) is 10.9. The van der Waals surface area contributed by atoms with Crippen LogP contribution in [0.4, 0.5) is 0 Å². The van der Waals surface area contributed by atoms with E-state index in [4.69, 9.17) is 19.3 Å². The van der Waals surface area contributed by atoms with Gasteiger partial charge in [-0.3, -0.25) is 9.59 Å². The summed E-state index contributed by atoms with van der Waals surface area (Å²) in [6.07, 6.45) is 2.80. The summed E-state index contributed by atoms with van der Waals surface area (Å²) in [5, 5.41) is 0.582. The van der Waals surface area contributed by atoms with Crippen molar-refractivity contribution in [2.24, 2.45) is 5.73 Å². The molecule has 3 rings (SSSR count). The number of furan rings is 2. The minimum Gasteiger partial charge on any atom is -0.484 e. The van der Waals surface area contributed by atoms with E-state index in [1.54, 1.807) is 30.3 Å². The molecule has 21 heavy (non-hydrogen) atoms. The standard InChI is InChI=1S/C15H11NO5/c16-14(17)8-20-9-3-4-12-10(6-9)11(7-21-12)15(18)13-2-1-5-19-13/h1-7H,8H2,(H2,16,17). The number of nitrogens with two attached hydrogens (primary N) is 1. The van der Waals surface area contributed by atoms with Gasteiger partial charge in [0.05, 0.1) is 11.8 Å². The lowest BCUT2D eigenvalue weighted by atomic mass is 10.1. The van der Waals surface area contributed by atoms with E-state index in [2.05, 4.69) is 0 Å². The summed E-state index contributed by atoms with van der Waals surface area (Å²) in [6, 6.07) is 8.13. The van der Waals surface area contributed by atoms with Crippen molar-refractivity contribution in [3.05, 3.63) is 54.2 Å². The van der Waals surface area contributed by atoms with Gasteiger partial charge in [0.15, 0.2) is 12.4 Å². The number of primary amides is 1. The van der Waals surface area contributed by atoms with E-state index >= 15 is 0 Å². The normalized spacial score (nSPS) is 10.7. The van der Waals surface area contributed by atoms with Crippen molar-refractivity contribution in [1.29, 1.82) is 0 Å². The first-order valence-electron chi connectivity index (χ1n) is 6.15. The predicted molar refractivity (Wildman–Crippen MR) is 73.0 cm³/mol. The highest BCUT2D eigenvalue weighted by Crippen LogP contribution is 2.27. The topological polar surface area (TPSA) is 95.7 Å². The second kappa shape index (κ2) is 5.16. The number of rotatable bonds is 5. The van der Waals surface area contributed by atoms with Crippen molar-refractivity contribution in [3.63, 3.8) is 0 Å². The Kier molecular flexibility index (Phi) is 3.19. The van der Waals surface area contributed by atoms with Crippen LogP contribution in [0.5, 0.6) is 5.75 Å². The van der Waals surface area contributed by atoms with Crippen LogP contribution < -0.4 is 10.5 Å². The first-order chi connectivity index (χ1) is 10.1. The number of ketones is 1. The third kappa shape index (κ3) is 2.51. The molecular formula is C15H11NO5. The highest BCUT2D eigenvalue weighted by molar-refractivity contribution is 6.14. The summed E-state index contributed by atoms with van der Waals surface area (Å²) in [5.41, 5.74) is 5.93. The van der Waals surface area contributed by atoms with Crippen molar-refractivity contribution in [3.8, 4) is 5.75 Å². The van der Waals surface area contributed by atoms with Crippen molar-refractivity contribution >= 4 is 22.7 Å². The van der Waals surface area contributed by atoms with Crippen LogP contribution in [0.25, 0.3) is 11.0 Å². The van der Waals surface area contributed by atoms with Crippen molar-refractivity contribution in [2.75, 3.05) is 6.61 Å². The average molecular weight is 285 g/mol. The molecule has 0 aliphatic rings. The van der Waals surface area contributed by atoms with Gasteiger partial charge in [-0.25, -0.2) is 0 Å². The Hall–Kier alpha value is -3.02. The Bertz CT molecular complexity index is 801. The molecule has 0 radical (unpaired) electrons. The molecule has 0 bridgehead atoms. The predicted octanol–water partition coefficient (Wildman–Crippen LogP) is 2.12. The van der Waals surface area contributed by atoms with Crippen molar-refractivity contribution < 1.29 is 23.2 Å². The number of hydrogen-bond acceptors (Lipinski definition) is 5. The molecule has 1 amide bonds. The zero-order chi connectivity index (χ0) is 14.8. The average Bonchev–Trinajstić information content (AvgIpc) is 3.13. The molecule has 0 saturated heterocycles. The second-order valence-corrected chi connectivity index (χ2v) is 4.37. The Morgan fingerprint density at radius 3 is 2.76 bits per heavy atom. The minimum absolute atomic E-state index is 0.223. The van der Waals surface area contributed by atoms with Crippen LogP contribution in [0, 0.1) is 0 Å². The first kappa shape index (κ1) is 13.0. The number of hydrogen-bond donors (Lipinski definition) is 1.